The number of carbonyl (C=O) groups is 2. The number of carboxylic acids is 1. The molecule has 22 heavy (non-hydrogen) atoms. The molecule has 2 N–H and O–H groups in total. The van der Waals surface area contributed by atoms with Crippen molar-refractivity contribution in [1.29, 1.82) is 0 Å². The molecule has 2 aromatic carbocycles. The minimum atomic E-state index is -1.04. The monoisotopic (exact) mass is 299 g/mol. The number of hydroxylamine groups is 1. The highest BCUT2D eigenvalue weighted by Gasteiger charge is 2.23. The first-order valence-corrected chi connectivity index (χ1v) is 6.89. The molecule has 0 aliphatic rings. The van der Waals surface area contributed by atoms with Gasteiger partial charge in [-0.05, 0) is 11.1 Å². The maximum absolute atomic E-state index is 12.2. The first-order chi connectivity index (χ1) is 10.7. The molecule has 1 unspecified atom stereocenters. The molecule has 0 radical (unpaired) electrons. The van der Waals surface area contributed by atoms with Crippen molar-refractivity contribution in [1.82, 2.24) is 5.48 Å². The lowest BCUT2D eigenvalue weighted by Crippen LogP contribution is -2.30. The van der Waals surface area contributed by atoms with Crippen LogP contribution in [0.4, 0.5) is 0 Å². The zero-order chi connectivity index (χ0) is 15.8. The average molecular weight is 299 g/mol. The van der Waals surface area contributed by atoms with E-state index in [1.807, 2.05) is 36.4 Å². The fraction of sp³-hybridized carbons (Fsp3) is 0.176. The molecular weight excluding hydrogens is 282 g/mol. The minimum absolute atomic E-state index is 0.223. The minimum Gasteiger partial charge on any atom is -0.481 e. The topological polar surface area (TPSA) is 75.6 Å². The van der Waals surface area contributed by atoms with Gasteiger partial charge >= 0.3 is 5.97 Å². The molecule has 0 aliphatic heterocycles. The van der Waals surface area contributed by atoms with Crippen molar-refractivity contribution >= 4 is 11.9 Å². The Labute approximate surface area is 128 Å². The first-order valence-electron chi connectivity index (χ1n) is 6.89. The van der Waals surface area contributed by atoms with Crippen molar-refractivity contribution in [3.63, 3.8) is 0 Å². The molecule has 114 valence electrons. The molecule has 0 bridgehead atoms. The SMILES string of the molecule is O=C(O)CC(C(=O)NOCc1ccccc1)c1ccccc1. The predicted octanol–water partition coefficient (Wildman–Crippen LogP) is 2.49. The number of amides is 1. The lowest BCUT2D eigenvalue weighted by Gasteiger charge is -2.15. The summed E-state index contributed by atoms with van der Waals surface area (Å²) in [6, 6.07) is 18.2. The lowest BCUT2D eigenvalue weighted by atomic mass is 9.95. The Kier molecular flexibility index (Phi) is 5.68. The van der Waals surface area contributed by atoms with Gasteiger partial charge in [0.15, 0.2) is 0 Å². The molecule has 0 saturated heterocycles. The van der Waals surface area contributed by atoms with Gasteiger partial charge in [-0.25, -0.2) is 5.48 Å². The number of nitrogens with one attached hydrogen (secondary N) is 1. The van der Waals surface area contributed by atoms with Gasteiger partial charge in [-0.1, -0.05) is 60.7 Å². The van der Waals surface area contributed by atoms with E-state index in [9.17, 15) is 9.59 Å². The Morgan fingerprint density at radius 1 is 1.00 bits per heavy atom. The summed E-state index contributed by atoms with van der Waals surface area (Å²) in [4.78, 5) is 28.3. The van der Waals surface area contributed by atoms with Gasteiger partial charge in [0.25, 0.3) is 5.91 Å². The van der Waals surface area contributed by atoms with Gasteiger partial charge in [0.1, 0.15) is 0 Å². The highest BCUT2D eigenvalue weighted by molar-refractivity contribution is 5.87. The molecular formula is C17H17NO4. The van der Waals surface area contributed by atoms with Gasteiger partial charge in [0.05, 0.1) is 18.9 Å². The third-order valence-electron chi connectivity index (χ3n) is 3.15. The molecule has 2 aromatic rings. The number of carbonyl (C=O) groups excluding carboxylic acids is 1. The van der Waals surface area contributed by atoms with Crippen LogP contribution in [0.1, 0.15) is 23.5 Å². The van der Waals surface area contributed by atoms with Crippen LogP contribution in [0.5, 0.6) is 0 Å². The molecule has 0 aromatic heterocycles. The summed E-state index contributed by atoms with van der Waals surface area (Å²) in [5.41, 5.74) is 3.89. The van der Waals surface area contributed by atoms with Crippen molar-refractivity contribution in [2.24, 2.45) is 0 Å². The van der Waals surface area contributed by atoms with E-state index in [0.29, 0.717) is 5.56 Å². The highest BCUT2D eigenvalue weighted by atomic mass is 16.6. The van der Waals surface area contributed by atoms with Crippen LogP contribution in [0.15, 0.2) is 60.7 Å². The summed E-state index contributed by atoms with van der Waals surface area (Å²) in [5, 5.41) is 8.98. The van der Waals surface area contributed by atoms with Crippen molar-refractivity contribution in [3.05, 3.63) is 71.8 Å². The van der Waals surface area contributed by atoms with Crippen LogP contribution >= 0.6 is 0 Å². The Morgan fingerprint density at radius 2 is 1.59 bits per heavy atom. The molecule has 2 rings (SSSR count). The maximum atomic E-state index is 12.2. The van der Waals surface area contributed by atoms with E-state index in [1.165, 1.54) is 0 Å². The summed E-state index contributed by atoms with van der Waals surface area (Å²) in [7, 11) is 0. The van der Waals surface area contributed by atoms with Crippen LogP contribution in [-0.4, -0.2) is 17.0 Å². The van der Waals surface area contributed by atoms with Gasteiger partial charge < -0.3 is 5.11 Å². The molecule has 0 heterocycles. The van der Waals surface area contributed by atoms with E-state index in [1.54, 1.807) is 24.3 Å². The Bertz CT molecular complexity index is 613. The normalized spacial score (nSPS) is 11.6. The highest BCUT2D eigenvalue weighted by Crippen LogP contribution is 2.19. The summed E-state index contributed by atoms with van der Waals surface area (Å²) in [6.07, 6.45) is -0.287. The van der Waals surface area contributed by atoms with E-state index in [2.05, 4.69) is 5.48 Å². The molecule has 0 spiro atoms. The van der Waals surface area contributed by atoms with Gasteiger partial charge in [-0.15, -0.1) is 0 Å². The van der Waals surface area contributed by atoms with Gasteiger partial charge in [0.2, 0.25) is 0 Å². The standard InChI is InChI=1S/C17H17NO4/c19-16(20)11-15(14-9-5-2-6-10-14)17(21)18-22-12-13-7-3-1-4-8-13/h1-10,15H,11-12H2,(H,18,21)(H,19,20). The Hall–Kier alpha value is -2.66. The number of carboxylic acid groups (broad SMARTS) is 1. The number of benzene rings is 2. The maximum Gasteiger partial charge on any atom is 0.304 e. The lowest BCUT2D eigenvalue weighted by molar-refractivity contribution is -0.143. The van der Waals surface area contributed by atoms with Crippen molar-refractivity contribution in [2.75, 3.05) is 0 Å². The fourth-order valence-electron chi connectivity index (χ4n) is 2.06. The zero-order valence-corrected chi connectivity index (χ0v) is 11.9. The molecule has 5 heteroatoms. The van der Waals surface area contributed by atoms with E-state index >= 15 is 0 Å². The predicted molar refractivity (Wildman–Crippen MR) is 80.8 cm³/mol. The molecule has 0 fully saturated rings. The molecule has 1 amide bonds. The smallest absolute Gasteiger partial charge is 0.304 e. The molecule has 1 atom stereocenters. The second kappa shape index (κ2) is 7.95. The third-order valence-corrected chi connectivity index (χ3v) is 3.15. The van der Waals surface area contributed by atoms with Crippen molar-refractivity contribution in [2.45, 2.75) is 18.9 Å². The van der Waals surface area contributed by atoms with Gasteiger partial charge in [-0.2, -0.15) is 0 Å². The van der Waals surface area contributed by atoms with Crippen LogP contribution in [-0.2, 0) is 21.0 Å². The second-order valence-electron chi connectivity index (χ2n) is 4.80. The average Bonchev–Trinajstić information content (AvgIpc) is 2.54. The van der Waals surface area contributed by atoms with Crippen LogP contribution in [0.2, 0.25) is 0 Å². The van der Waals surface area contributed by atoms with Crippen molar-refractivity contribution in [3.8, 4) is 0 Å². The van der Waals surface area contributed by atoms with Crippen molar-refractivity contribution < 1.29 is 19.5 Å². The zero-order valence-electron chi connectivity index (χ0n) is 11.9. The first kappa shape index (κ1) is 15.7. The van der Waals surface area contributed by atoms with E-state index in [-0.39, 0.29) is 13.0 Å². The van der Waals surface area contributed by atoms with Crippen LogP contribution < -0.4 is 5.48 Å². The number of hydrogen-bond acceptors (Lipinski definition) is 3. The largest absolute Gasteiger partial charge is 0.481 e. The van der Waals surface area contributed by atoms with Crippen LogP contribution in [0, 0.1) is 0 Å². The number of hydrogen-bond donors (Lipinski definition) is 2. The van der Waals surface area contributed by atoms with E-state index < -0.39 is 17.8 Å². The van der Waals surface area contributed by atoms with Crippen LogP contribution in [0.3, 0.4) is 0 Å². The van der Waals surface area contributed by atoms with Crippen LogP contribution in [0.25, 0.3) is 0 Å². The second-order valence-corrected chi connectivity index (χ2v) is 4.80. The van der Waals surface area contributed by atoms with Gasteiger partial charge in [0, 0.05) is 0 Å². The molecule has 5 nitrogen and oxygen atoms in total. The molecule has 0 aliphatic carbocycles. The number of rotatable bonds is 7. The Balaban J connectivity index is 1.96. The van der Waals surface area contributed by atoms with E-state index in [0.717, 1.165) is 5.56 Å². The van der Waals surface area contributed by atoms with E-state index in [4.69, 9.17) is 9.94 Å². The Morgan fingerprint density at radius 3 is 2.18 bits per heavy atom. The van der Waals surface area contributed by atoms with Gasteiger partial charge in [-0.3, -0.25) is 14.4 Å². The quantitative estimate of drug-likeness (QED) is 0.770. The summed E-state index contributed by atoms with van der Waals surface area (Å²) in [5.74, 6) is -2.29. The summed E-state index contributed by atoms with van der Waals surface area (Å²) >= 11 is 0. The molecule has 0 saturated carbocycles. The summed E-state index contributed by atoms with van der Waals surface area (Å²) < 4.78 is 0. The third kappa shape index (κ3) is 4.71. The number of aliphatic carboxylic acids is 1. The summed E-state index contributed by atoms with van der Waals surface area (Å²) in [6.45, 7) is 0.223. The fourth-order valence-corrected chi connectivity index (χ4v) is 2.06.